The highest BCUT2D eigenvalue weighted by molar-refractivity contribution is 5.50. The molecule has 0 radical (unpaired) electrons. The van der Waals surface area contributed by atoms with E-state index in [0.29, 0.717) is 12.5 Å². The third kappa shape index (κ3) is 4.32. The summed E-state index contributed by atoms with van der Waals surface area (Å²) < 4.78 is 8.06. The van der Waals surface area contributed by atoms with Crippen molar-refractivity contribution in [3.8, 4) is 5.75 Å². The molecule has 1 aliphatic rings. The second-order valence-corrected chi connectivity index (χ2v) is 8.33. The van der Waals surface area contributed by atoms with Gasteiger partial charge in [-0.1, -0.05) is 48.5 Å². The van der Waals surface area contributed by atoms with Gasteiger partial charge in [0.1, 0.15) is 12.4 Å². The predicted octanol–water partition coefficient (Wildman–Crippen LogP) is 5.00. The van der Waals surface area contributed by atoms with Crippen LogP contribution < -0.4 is 4.74 Å². The fourth-order valence-electron chi connectivity index (χ4n) is 4.55. The Hall–Kier alpha value is -3.18. The Balaban J connectivity index is 1.37. The first-order valence-electron chi connectivity index (χ1n) is 11.0. The van der Waals surface area contributed by atoms with E-state index in [1.807, 2.05) is 43.5 Å². The number of para-hydroxylation sites is 1. The minimum atomic E-state index is 0.449. The van der Waals surface area contributed by atoms with Crippen molar-refractivity contribution in [3.05, 3.63) is 95.4 Å². The molecule has 0 bridgehead atoms. The Morgan fingerprint density at radius 2 is 1.77 bits per heavy atom. The standard InChI is InChI=1S/C26H28N4O/c1-20-24(19-31-23-12-6-3-7-13-23)26-27-15-14-25(30(26)28-20)22-11-8-16-29(18-22)17-21-9-4-2-5-10-21/h2-7,9-10,12-15,22H,8,11,16-19H2,1H3. The van der Waals surface area contributed by atoms with E-state index in [4.69, 9.17) is 9.84 Å². The van der Waals surface area contributed by atoms with Crippen LogP contribution in [0.25, 0.3) is 5.65 Å². The van der Waals surface area contributed by atoms with E-state index in [-0.39, 0.29) is 0 Å². The SMILES string of the molecule is Cc1nn2c(C3CCCN(Cc4ccccc4)C3)ccnc2c1COc1ccccc1. The zero-order chi connectivity index (χ0) is 21.0. The molecule has 5 rings (SSSR count). The summed E-state index contributed by atoms with van der Waals surface area (Å²) in [6, 6.07) is 22.8. The summed E-state index contributed by atoms with van der Waals surface area (Å²) in [5.74, 6) is 1.31. The van der Waals surface area contributed by atoms with Gasteiger partial charge in [0.05, 0.1) is 17.0 Å². The molecular formula is C26H28N4O. The Bertz CT molecular complexity index is 1140. The van der Waals surface area contributed by atoms with Crippen LogP contribution in [0.4, 0.5) is 0 Å². The number of fused-ring (bicyclic) bond motifs is 1. The molecular weight excluding hydrogens is 384 g/mol. The average molecular weight is 413 g/mol. The van der Waals surface area contributed by atoms with Gasteiger partial charge in [0.25, 0.3) is 0 Å². The largest absolute Gasteiger partial charge is 0.489 e. The van der Waals surface area contributed by atoms with Crippen molar-refractivity contribution in [1.82, 2.24) is 19.5 Å². The van der Waals surface area contributed by atoms with Gasteiger partial charge in [-0.25, -0.2) is 9.50 Å². The summed E-state index contributed by atoms with van der Waals surface area (Å²) in [5, 5.41) is 4.87. The summed E-state index contributed by atoms with van der Waals surface area (Å²) in [6.07, 6.45) is 4.30. The van der Waals surface area contributed by atoms with E-state index in [0.717, 1.165) is 42.3 Å². The molecule has 0 amide bonds. The van der Waals surface area contributed by atoms with E-state index in [1.54, 1.807) is 0 Å². The quantitative estimate of drug-likeness (QED) is 0.447. The number of aryl methyl sites for hydroxylation is 1. The van der Waals surface area contributed by atoms with Crippen molar-refractivity contribution in [2.75, 3.05) is 13.1 Å². The topological polar surface area (TPSA) is 42.7 Å². The fourth-order valence-corrected chi connectivity index (χ4v) is 4.55. The smallest absolute Gasteiger partial charge is 0.162 e. The van der Waals surface area contributed by atoms with E-state index in [9.17, 15) is 0 Å². The lowest BCUT2D eigenvalue weighted by molar-refractivity contribution is 0.197. The van der Waals surface area contributed by atoms with Gasteiger partial charge in [0, 0.05) is 25.2 Å². The third-order valence-corrected chi connectivity index (χ3v) is 6.14. The zero-order valence-corrected chi connectivity index (χ0v) is 17.9. The molecule has 0 saturated carbocycles. The molecule has 1 aliphatic heterocycles. The summed E-state index contributed by atoms with van der Waals surface area (Å²) in [5.41, 5.74) is 5.57. The average Bonchev–Trinajstić information content (AvgIpc) is 3.14. The van der Waals surface area contributed by atoms with E-state index in [2.05, 4.69) is 50.8 Å². The Labute approximate surface area is 183 Å². The molecule has 3 heterocycles. The Morgan fingerprint density at radius 1 is 1.00 bits per heavy atom. The van der Waals surface area contributed by atoms with Crippen molar-refractivity contribution in [2.24, 2.45) is 0 Å². The summed E-state index contributed by atoms with van der Waals surface area (Å²) in [6.45, 7) is 5.71. The van der Waals surface area contributed by atoms with Gasteiger partial charge in [-0.3, -0.25) is 4.90 Å². The molecule has 31 heavy (non-hydrogen) atoms. The summed E-state index contributed by atoms with van der Waals surface area (Å²) in [7, 11) is 0. The van der Waals surface area contributed by atoms with E-state index < -0.39 is 0 Å². The molecule has 1 atom stereocenters. The summed E-state index contributed by atoms with van der Waals surface area (Å²) >= 11 is 0. The molecule has 0 N–H and O–H groups in total. The van der Waals surface area contributed by atoms with Gasteiger partial charge < -0.3 is 4.74 Å². The molecule has 158 valence electrons. The van der Waals surface area contributed by atoms with Crippen LogP contribution in [0.15, 0.2) is 72.9 Å². The van der Waals surface area contributed by atoms with Crippen LogP contribution in [-0.4, -0.2) is 32.6 Å². The van der Waals surface area contributed by atoms with Gasteiger partial charge in [0.15, 0.2) is 5.65 Å². The highest BCUT2D eigenvalue weighted by Crippen LogP contribution is 2.29. The van der Waals surface area contributed by atoms with E-state index in [1.165, 1.54) is 24.1 Å². The van der Waals surface area contributed by atoms with Gasteiger partial charge in [0.2, 0.25) is 0 Å². The zero-order valence-electron chi connectivity index (χ0n) is 17.9. The number of benzene rings is 2. The number of likely N-dealkylation sites (tertiary alicyclic amines) is 1. The van der Waals surface area contributed by atoms with Crippen molar-refractivity contribution in [3.63, 3.8) is 0 Å². The molecule has 1 unspecified atom stereocenters. The van der Waals surface area contributed by atoms with Crippen molar-refractivity contribution < 1.29 is 4.74 Å². The molecule has 0 spiro atoms. The lowest BCUT2D eigenvalue weighted by Crippen LogP contribution is -2.34. The highest BCUT2D eigenvalue weighted by Gasteiger charge is 2.25. The molecule has 4 aromatic rings. The van der Waals surface area contributed by atoms with Gasteiger partial charge in [-0.15, -0.1) is 0 Å². The van der Waals surface area contributed by atoms with Crippen LogP contribution in [0.2, 0.25) is 0 Å². The summed E-state index contributed by atoms with van der Waals surface area (Å²) in [4.78, 5) is 7.22. The third-order valence-electron chi connectivity index (χ3n) is 6.14. The minimum Gasteiger partial charge on any atom is -0.489 e. The lowest BCUT2D eigenvalue weighted by Gasteiger charge is -2.33. The van der Waals surface area contributed by atoms with Gasteiger partial charge in [-0.05, 0) is 50.1 Å². The highest BCUT2D eigenvalue weighted by atomic mass is 16.5. The van der Waals surface area contributed by atoms with Crippen LogP contribution in [0.1, 0.15) is 41.3 Å². The van der Waals surface area contributed by atoms with Gasteiger partial charge >= 0.3 is 0 Å². The molecule has 1 fully saturated rings. The number of rotatable bonds is 6. The first-order valence-corrected chi connectivity index (χ1v) is 11.0. The van der Waals surface area contributed by atoms with Crippen LogP contribution in [-0.2, 0) is 13.2 Å². The van der Waals surface area contributed by atoms with Crippen molar-refractivity contribution in [1.29, 1.82) is 0 Å². The normalized spacial score (nSPS) is 17.1. The molecule has 2 aromatic heterocycles. The number of ether oxygens (including phenoxy) is 1. The number of aromatic nitrogens is 3. The monoisotopic (exact) mass is 412 g/mol. The van der Waals surface area contributed by atoms with Crippen LogP contribution in [0.5, 0.6) is 5.75 Å². The molecule has 5 nitrogen and oxygen atoms in total. The second kappa shape index (κ2) is 8.90. The minimum absolute atomic E-state index is 0.449. The Morgan fingerprint density at radius 3 is 2.58 bits per heavy atom. The maximum absolute atomic E-state index is 6.01. The second-order valence-electron chi connectivity index (χ2n) is 8.33. The Kier molecular flexibility index (Phi) is 5.67. The first-order chi connectivity index (χ1) is 15.3. The van der Waals surface area contributed by atoms with E-state index >= 15 is 0 Å². The molecule has 2 aromatic carbocycles. The number of nitrogens with zero attached hydrogens (tertiary/aromatic N) is 4. The molecule has 0 aliphatic carbocycles. The predicted molar refractivity (Wildman–Crippen MR) is 122 cm³/mol. The number of hydrogen-bond acceptors (Lipinski definition) is 4. The fraction of sp³-hybridized carbons (Fsp3) is 0.308. The van der Waals surface area contributed by atoms with Crippen molar-refractivity contribution >= 4 is 5.65 Å². The molecule has 5 heteroatoms. The lowest BCUT2D eigenvalue weighted by atomic mass is 9.94. The van der Waals surface area contributed by atoms with Crippen LogP contribution >= 0.6 is 0 Å². The van der Waals surface area contributed by atoms with Crippen LogP contribution in [0.3, 0.4) is 0 Å². The maximum atomic E-state index is 6.01. The number of hydrogen-bond donors (Lipinski definition) is 0. The van der Waals surface area contributed by atoms with Crippen molar-refractivity contribution in [2.45, 2.75) is 38.8 Å². The number of piperidine rings is 1. The maximum Gasteiger partial charge on any atom is 0.162 e. The van der Waals surface area contributed by atoms with Gasteiger partial charge in [-0.2, -0.15) is 5.10 Å². The first kappa shape index (κ1) is 19.8. The molecule has 1 saturated heterocycles. The van der Waals surface area contributed by atoms with Crippen LogP contribution in [0, 0.1) is 6.92 Å².